The molecule has 158 valence electrons. The van der Waals surface area contributed by atoms with Crippen molar-refractivity contribution < 1.29 is 28.6 Å². The summed E-state index contributed by atoms with van der Waals surface area (Å²) in [7, 11) is 0. The molecule has 0 saturated heterocycles. The molecule has 0 aromatic rings. The van der Waals surface area contributed by atoms with Crippen molar-refractivity contribution in [2.24, 2.45) is 0 Å². The average molecular weight is 396 g/mol. The standard InChI is InChI=1S/C20H32N2O6/c1-6-10-27-20(25)22-16-11-14(19(24)26-9-4)12-17(18(16)21-13(5)23)28-15(7-2)8-3/h6,12,15-18H,1,7-11H2,2-5H3,(H,21,23)(H,22,25)/t16-,17+,18+/m0/s1. The Morgan fingerprint density at radius 2 is 1.89 bits per heavy atom. The van der Waals surface area contributed by atoms with Crippen molar-refractivity contribution in [3.05, 3.63) is 24.3 Å². The fourth-order valence-corrected chi connectivity index (χ4v) is 3.05. The molecular formula is C20H32N2O6. The van der Waals surface area contributed by atoms with Gasteiger partial charge in [-0.25, -0.2) is 9.59 Å². The second-order valence-electron chi connectivity index (χ2n) is 6.52. The molecular weight excluding hydrogens is 364 g/mol. The third kappa shape index (κ3) is 7.34. The highest BCUT2D eigenvalue weighted by Gasteiger charge is 2.38. The number of esters is 1. The first-order chi connectivity index (χ1) is 13.4. The molecule has 0 heterocycles. The average Bonchev–Trinajstić information content (AvgIpc) is 2.66. The van der Waals surface area contributed by atoms with Crippen molar-refractivity contribution in [3.63, 3.8) is 0 Å². The van der Waals surface area contributed by atoms with Crippen LogP contribution in [-0.2, 0) is 23.8 Å². The van der Waals surface area contributed by atoms with E-state index >= 15 is 0 Å². The van der Waals surface area contributed by atoms with E-state index < -0.39 is 30.3 Å². The van der Waals surface area contributed by atoms with E-state index in [1.807, 2.05) is 13.8 Å². The molecule has 0 spiro atoms. The molecule has 1 aliphatic rings. The molecule has 0 aromatic carbocycles. The second kappa shape index (κ2) is 12.2. The first-order valence-corrected chi connectivity index (χ1v) is 9.70. The normalized spacial score (nSPS) is 21.5. The van der Waals surface area contributed by atoms with Gasteiger partial charge in [-0.2, -0.15) is 0 Å². The molecule has 2 N–H and O–H groups in total. The summed E-state index contributed by atoms with van der Waals surface area (Å²) in [5.41, 5.74) is 0.397. The van der Waals surface area contributed by atoms with Crippen molar-refractivity contribution in [2.45, 2.75) is 71.2 Å². The van der Waals surface area contributed by atoms with Gasteiger partial charge in [0, 0.05) is 18.9 Å². The van der Waals surface area contributed by atoms with Crippen LogP contribution in [0.2, 0.25) is 0 Å². The molecule has 28 heavy (non-hydrogen) atoms. The number of amides is 2. The van der Waals surface area contributed by atoms with Crippen LogP contribution in [0.4, 0.5) is 4.79 Å². The van der Waals surface area contributed by atoms with Crippen molar-refractivity contribution in [1.29, 1.82) is 0 Å². The smallest absolute Gasteiger partial charge is 0.407 e. The highest BCUT2D eigenvalue weighted by Crippen LogP contribution is 2.25. The van der Waals surface area contributed by atoms with Crippen molar-refractivity contribution in [2.75, 3.05) is 13.2 Å². The monoisotopic (exact) mass is 396 g/mol. The predicted octanol–water partition coefficient (Wildman–Crippen LogP) is 2.24. The highest BCUT2D eigenvalue weighted by molar-refractivity contribution is 5.89. The maximum absolute atomic E-state index is 12.3. The van der Waals surface area contributed by atoms with Crippen molar-refractivity contribution in [3.8, 4) is 0 Å². The molecule has 3 atom stereocenters. The predicted molar refractivity (Wildman–Crippen MR) is 105 cm³/mol. The van der Waals surface area contributed by atoms with Crippen LogP contribution in [-0.4, -0.2) is 55.5 Å². The number of carbonyl (C=O) groups is 3. The summed E-state index contributed by atoms with van der Waals surface area (Å²) in [6.07, 6.45) is 3.59. The lowest BCUT2D eigenvalue weighted by atomic mass is 9.87. The molecule has 8 nitrogen and oxygen atoms in total. The molecule has 1 aliphatic carbocycles. The highest BCUT2D eigenvalue weighted by atomic mass is 16.5. The SMILES string of the molecule is C=CCOC(=O)N[C@H]1CC(C(=O)OCC)=C[C@@H](OC(CC)CC)[C@@H]1NC(C)=O. The molecule has 0 aliphatic heterocycles. The largest absolute Gasteiger partial charge is 0.463 e. The summed E-state index contributed by atoms with van der Waals surface area (Å²) in [6.45, 7) is 10.9. The first-order valence-electron chi connectivity index (χ1n) is 9.70. The third-order valence-corrected chi connectivity index (χ3v) is 4.40. The Balaban J connectivity index is 3.16. The lowest BCUT2D eigenvalue weighted by Crippen LogP contribution is -2.59. The molecule has 0 aromatic heterocycles. The zero-order valence-corrected chi connectivity index (χ0v) is 17.2. The Morgan fingerprint density at radius 3 is 2.43 bits per heavy atom. The Bertz CT molecular complexity index is 585. The van der Waals surface area contributed by atoms with E-state index in [0.29, 0.717) is 5.57 Å². The quantitative estimate of drug-likeness (QED) is 0.434. The first kappa shape index (κ1) is 23.7. The van der Waals surface area contributed by atoms with Gasteiger partial charge in [-0.3, -0.25) is 4.79 Å². The van der Waals surface area contributed by atoms with Crippen LogP contribution in [0.25, 0.3) is 0 Å². The number of alkyl carbamates (subject to hydrolysis) is 1. The third-order valence-electron chi connectivity index (χ3n) is 4.40. The minimum atomic E-state index is -0.661. The van der Waals surface area contributed by atoms with Gasteiger partial charge < -0.3 is 24.8 Å². The van der Waals surface area contributed by atoms with Crippen molar-refractivity contribution >= 4 is 18.0 Å². The van der Waals surface area contributed by atoms with Gasteiger partial charge in [0.05, 0.1) is 30.9 Å². The van der Waals surface area contributed by atoms with Gasteiger partial charge in [-0.15, -0.1) is 0 Å². The van der Waals surface area contributed by atoms with E-state index in [1.54, 1.807) is 13.0 Å². The summed E-state index contributed by atoms with van der Waals surface area (Å²) in [5, 5.41) is 5.56. The summed E-state index contributed by atoms with van der Waals surface area (Å²) in [6, 6.07) is -1.14. The number of carbonyl (C=O) groups excluding carboxylic acids is 3. The van der Waals surface area contributed by atoms with E-state index in [9.17, 15) is 14.4 Å². The van der Waals surface area contributed by atoms with Gasteiger partial charge in [0.2, 0.25) is 5.91 Å². The van der Waals surface area contributed by atoms with Gasteiger partial charge in [-0.05, 0) is 25.8 Å². The van der Waals surface area contributed by atoms with E-state index in [4.69, 9.17) is 14.2 Å². The summed E-state index contributed by atoms with van der Waals surface area (Å²) < 4.78 is 16.3. The van der Waals surface area contributed by atoms with E-state index in [1.165, 1.54) is 13.0 Å². The van der Waals surface area contributed by atoms with Gasteiger partial charge in [0.25, 0.3) is 0 Å². The lowest BCUT2D eigenvalue weighted by Gasteiger charge is -2.38. The van der Waals surface area contributed by atoms with Crippen LogP contribution in [0.3, 0.4) is 0 Å². The Kier molecular flexibility index (Phi) is 10.3. The van der Waals surface area contributed by atoms with Crippen molar-refractivity contribution in [1.82, 2.24) is 10.6 Å². The van der Waals surface area contributed by atoms with Crippen LogP contribution in [0.15, 0.2) is 24.3 Å². The minimum absolute atomic E-state index is 0.0487. The maximum Gasteiger partial charge on any atom is 0.407 e. The Morgan fingerprint density at radius 1 is 1.21 bits per heavy atom. The number of ether oxygens (including phenoxy) is 3. The molecule has 0 bridgehead atoms. The number of hydrogen-bond donors (Lipinski definition) is 2. The van der Waals surface area contributed by atoms with Crippen LogP contribution in [0.1, 0.15) is 47.0 Å². The van der Waals surface area contributed by atoms with E-state index in [-0.39, 0.29) is 31.6 Å². The molecule has 1 rings (SSSR count). The van der Waals surface area contributed by atoms with Crippen LogP contribution in [0.5, 0.6) is 0 Å². The molecule has 0 saturated carbocycles. The fourth-order valence-electron chi connectivity index (χ4n) is 3.05. The second-order valence-corrected chi connectivity index (χ2v) is 6.52. The topological polar surface area (TPSA) is 103 Å². The summed E-state index contributed by atoms with van der Waals surface area (Å²) in [4.78, 5) is 36.2. The lowest BCUT2D eigenvalue weighted by molar-refractivity contribution is -0.139. The number of hydrogen-bond acceptors (Lipinski definition) is 6. The zero-order chi connectivity index (χ0) is 21.1. The molecule has 8 heteroatoms. The van der Waals surface area contributed by atoms with E-state index in [0.717, 1.165) is 12.8 Å². The van der Waals surface area contributed by atoms with Gasteiger partial charge >= 0.3 is 12.1 Å². The zero-order valence-electron chi connectivity index (χ0n) is 17.2. The molecule has 0 radical (unpaired) electrons. The van der Waals surface area contributed by atoms with Gasteiger partial charge in [0.15, 0.2) is 0 Å². The Labute approximate surface area is 166 Å². The molecule has 0 fully saturated rings. The van der Waals surface area contributed by atoms with Gasteiger partial charge in [-0.1, -0.05) is 26.5 Å². The number of rotatable bonds is 10. The van der Waals surface area contributed by atoms with Crippen LogP contribution in [0, 0.1) is 0 Å². The number of nitrogens with one attached hydrogen (secondary N) is 2. The van der Waals surface area contributed by atoms with E-state index in [2.05, 4.69) is 17.2 Å². The Hall–Kier alpha value is -2.35. The molecule has 2 amide bonds. The van der Waals surface area contributed by atoms with Crippen LogP contribution < -0.4 is 10.6 Å². The molecule has 0 unspecified atom stereocenters. The minimum Gasteiger partial charge on any atom is -0.463 e. The van der Waals surface area contributed by atoms with Crippen LogP contribution >= 0.6 is 0 Å². The fraction of sp³-hybridized carbons (Fsp3) is 0.650. The maximum atomic E-state index is 12.3. The summed E-state index contributed by atoms with van der Waals surface area (Å²) >= 11 is 0. The van der Waals surface area contributed by atoms with Gasteiger partial charge in [0.1, 0.15) is 6.61 Å². The summed E-state index contributed by atoms with van der Waals surface area (Å²) in [5.74, 6) is -0.726.